The minimum Gasteiger partial charge on any atom is -0.460 e. The maximum Gasteiger partial charge on any atom is 0.338 e. The fraction of sp³-hybridized carbons (Fsp3) is 0.0870. The van der Waals surface area contributed by atoms with Gasteiger partial charge < -0.3 is 4.74 Å². The zero-order valence-electron chi connectivity index (χ0n) is 17.9. The van der Waals surface area contributed by atoms with E-state index < -0.39 is 20.9 Å². The van der Waals surface area contributed by atoms with Crippen LogP contribution in [0, 0.1) is 10.1 Å². The number of esters is 1. The molecular formula is C23H17BrN4O6S. The molecule has 0 saturated heterocycles. The lowest BCUT2D eigenvalue weighted by atomic mass is 10.2. The van der Waals surface area contributed by atoms with Crippen LogP contribution in [-0.2, 0) is 14.8 Å². The molecule has 178 valence electrons. The minimum atomic E-state index is -3.90. The highest BCUT2D eigenvalue weighted by atomic mass is 79.9. The van der Waals surface area contributed by atoms with E-state index in [-0.39, 0.29) is 29.6 Å². The van der Waals surface area contributed by atoms with E-state index in [9.17, 15) is 23.3 Å². The molecule has 35 heavy (non-hydrogen) atoms. The predicted octanol–water partition coefficient (Wildman–Crippen LogP) is 4.00. The van der Waals surface area contributed by atoms with Crippen molar-refractivity contribution in [1.29, 1.82) is 0 Å². The van der Waals surface area contributed by atoms with E-state index in [0.717, 1.165) is 4.47 Å². The molecule has 3 aromatic rings. The molecule has 12 heteroatoms. The minimum absolute atomic E-state index is 0.00837. The Hall–Kier alpha value is -3.90. The van der Waals surface area contributed by atoms with Crippen molar-refractivity contribution in [2.24, 2.45) is 9.50 Å². The lowest BCUT2D eigenvalue weighted by molar-refractivity contribution is -0.384. The Bertz CT molecular complexity index is 1440. The summed E-state index contributed by atoms with van der Waals surface area (Å²) in [5.41, 5.74) is 1.20. The van der Waals surface area contributed by atoms with Crippen LogP contribution in [0.4, 0.5) is 5.69 Å². The molecule has 10 nitrogen and oxygen atoms in total. The van der Waals surface area contributed by atoms with Crippen molar-refractivity contribution >= 4 is 49.7 Å². The van der Waals surface area contributed by atoms with Crippen molar-refractivity contribution in [1.82, 2.24) is 5.01 Å². The summed E-state index contributed by atoms with van der Waals surface area (Å²) in [5.74, 6) is -0.461. The molecule has 1 aliphatic heterocycles. The van der Waals surface area contributed by atoms with Crippen LogP contribution >= 0.6 is 15.9 Å². The zero-order chi connectivity index (χ0) is 25.0. The summed E-state index contributed by atoms with van der Waals surface area (Å²) in [4.78, 5) is 22.8. The Morgan fingerprint density at radius 3 is 2.46 bits per heavy atom. The Morgan fingerprint density at radius 1 is 1.09 bits per heavy atom. The molecule has 0 bridgehead atoms. The van der Waals surface area contributed by atoms with Crippen LogP contribution in [0.1, 0.15) is 21.5 Å². The first-order valence-corrected chi connectivity index (χ1v) is 12.4. The number of carbonyl (C=O) groups excluding carboxylic acids is 1. The second-order valence-corrected chi connectivity index (χ2v) is 9.73. The molecule has 3 aromatic carbocycles. The number of nitro benzene ring substituents is 1. The van der Waals surface area contributed by atoms with Gasteiger partial charge in [-0.15, -0.1) is 4.40 Å². The number of rotatable bonds is 7. The van der Waals surface area contributed by atoms with Gasteiger partial charge in [-0.05, 0) is 54.1 Å². The average molecular weight is 557 g/mol. The predicted molar refractivity (Wildman–Crippen MR) is 132 cm³/mol. The monoisotopic (exact) mass is 556 g/mol. The summed E-state index contributed by atoms with van der Waals surface area (Å²) in [6.45, 7) is -0.0951. The van der Waals surface area contributed by atoms with Gasteiger partial charge in [0.05, 0.1) is 23.2 Å². The number of nitro groups is 1. The SMILES string of the molecule is O=C(OCCN(N=Cc1ccc([N+](=O)[O-])cc1)C1=NS(=O)(=O)c2ccccc21)c1ccc(Br)cc1. The molecule has 0 unspecified atom stereocenters. The van der Waals surface area contributed by atoms with Crippen LogP contribution in [0.3, 0.4) is 0 Å². The highest BCUT2D eigenvalue weighted by Gasteiger charge is 2.31. The van der Waals surface area contributed by atoms with Gasteiger partial charge in [0.1, 0.15) is 11.5 Å². The molecule has 0 aliphatic carbocycles. The van der Waals surface area contributed by atoms with Gasteiger partial charge in [-0.2, -0.15) is 13.5 Å². The summed E-state index contributed by atoms with van der Waals surface area (Å²) < 4.78 is 35.1. The van der Waals surface area contributed by atoms with E-state index in [1.807, 2.05) is 0 Å². The number of halogens is 1. The van der Waals surface area contributed by atoms with Crippen LogP contribution in [0.25, 0.3) is 0 Å². The number of sulfonamides is 1. The number of fused-ring (bicyclic) bond motifs is 1. The fourth-order valence-electron chi connectivity index (χ4n) is 3.21. The first kappa shape index (κ1) is 24.2. The third kappa shape index (κ3) is 5.61. The molecule has 0 aromatic heterocycles. The van der Waals surface area contributed by atoms with Gasteiger partial charge in [0.15, 0.2) is 5.84 Å². The third-order valence-corrected chi connectivity index (χ3v) is 6.78. The quantitative estimate of drug-likeness (QED) is 0.186. The number of ether oxygens (including phenoxy) is 1. The van der Waals surface area contributed by atoms with E-state index in [0.29, 0.717) is 16.7 Å². The first-order chi connectivity index (χ1) is 16.7. The smallest absolute Gasteiger partial charge is 0.338 e. The van der Waals surface area contributed by atoms with Gasteiger partial charge >= 0.3 is 5.97 Å². The number of hydrazone groups is 1. The molecule has 0 spiro atoms. The van der Waals surface area contributed by atoms with E-state index in [2.05, 4.69) is 25.4 Å². The number of amidine groups is 1. The maximum absolute atomic E-state index is 12.5. The van der Waals surface area contributed by atoms with E-state index in [4.69, 9.17) is 4.74 Å². The standard InChI is InChI=1S/C23H17BrN4O6S/c24-18-9-7-17(8-10-18)23(29)34-14-13-27(25-15-16-5-11-19(12-6-16)28(30)31)22-20-3-1-2-4-21(20)35(32,33)26-22/h1-12,15H,13-14H2. The van der Waals surface area contributed by atoms with Crippen LogP contribution in [0.2, 0.25) is 0 Å². The number of carbonyl (C=O) groups is 1. The van der Waals surface area contributed by atoms with Crippen LogP contribution < -0.4 is 0 Å². The van der Waals surface area contributed by atoms with Crippen LogP contribution in [0.5, 0.6) is 0 Å². The fourth-order valence-corrected chi connectivity index (χ4v) is 4.68. The summed E-state index contributed by atoms with van der Waals surface area (Å²) in [6, 6.07) is 18.7. The van der Waals surface area contributed by atoms with Gasteiger partial charge in [0.25, 0.3) is 15.7 Å². The summed E-state index contributed by atoms with van der Waals surface area (Å²) in [5, 5.41) is 16.5. The van der Waals surface area contributed by atoms with E-state index in [1.54, 1.807) is 42.5 Å². The molecule has 0 amide bonds. The Labute approximate surface area is 208 Å². The molecule has 0 N–H and O–H groups in total. The Kier molecular flexibility index (Phi) is 7.03. The third-order valence-electron chi connectivity index (χ3n) is 4.92. The molecule has 0 radical (unpaired) electrons. The Morgan fingerprint density at radius 2 is 1.77 bits per heavy atom. The van der Waals surface area contributed by atoms with Crippen molar-refractivity contribution < 1.29 is 22.9 Å². The van der Waals surface area contributed by atoms with Gasteiger partial charge in [0, 0.05) is 22.2 Å². The zero-order valence-corrected chi connectivity index (χ0v) is 20.3. The molecule has 1 heterocycles. The summed E-state index contributed by atoms with van der Waals surface area (Å²) in [7, 11) is -3.90. The molecule has 0 fully saturated rings. The van der Waals surface area contributed by atoms with Crippen molar-refractivity contribution in [2.45, 2.75) is 4.90 Å². The van der Waals surface area contributed by atoms with E-state index >= 15 is 0 Å². The topological polar surface area (TPSA) is 132 Å². The normalized spacial score (nSPS) is 13.8. The van der Waals surface area contributed by atoms with Crippen molar-refractivity contribution in [3.8, 4) is 0 Å². The first-order valence-electron chi connectivity index (χ1n) is 10.2. The lowest BCUT2D eigenvalue weighted by Gasteiger charge is -2.19. The second kappa shape index (κ2) is 10.2. The average Bonchev–Trinajstić information content (AvgIpc) is 3.12. The number of non-ortho nitro benzene ring substituents is 1. The van der Waals surface area contributed by atoms with Gasteiger partial charge in [-0.1, -0.05) is 28.1 Å². The highest BCUT2D eigenvalue weighted by Crippen LogP contribution is 2.27. The number of hydrogen-bond acceptors (Lipinski definition) is 8. The Balaban J connectivity index is 1.57. The molecule has 4 rings (SSSR count). The van der Waals surface area contributed by atoms with Crippen LogP contribution in [-0.4, -0.2) is 49.5 Å². The van der Waals surface area contributed by atoms with Gasteiger partial charge in [-0.3, -0.25) is 10.1 Å². The van der Waals surface area contributed by atoms with Gasteiger partial charge in [-0.25, -0.2) is 9.80 Å². The summed E-state index contributed by atoms with van der Waals surface area (Å²) in [6.07, 6.45) is 1.41. The molecular weight excluding hydrogens is 540 g/mol. The molecule has 1 aliphatic rings. The number of benzene rings is 3. The van der Waals surface area contributed by atoms with E-state index in [1.165, 1.54) is 41.6 Å². The van der Waals surface area contributed by atoms with Crippen molar-refractivity contribution in [3.63, 3.8) is 0 Å². The van der Waals surface area contributed by atoms with Gasteiger partial charge in [0.2, 0.25) is 0 Å². The van der Waals surface area contributed by atoms with Crippen molar-refractivity contribution in [2.75, 3.05) is 13.2 Å². The number of hydrogen-bond donors (Lipinski definition) is 0. The maximum atomic E-state index is 12.5. The molecule has 0 atom stereocenters. The van der Waals surface area contributed by atoms with Crippen molar-refractivity contribution in [3.05, 3.63) is 104 Å². The summed E-state index contributed by atoms with van der Waals surface area (Å²) >= 11 is 3.30. The second-order valence-electron chi connectivity index (χ2n) is 7.25. The highest BCUT2D eigenvalue weighted by molar-refractivity contribution is 9.10. The number of nitrogens with zero attached hydrogens (tertiary/aromatic N) is 4. The largest absolute Gasteiger partial charge is 0.460 e. The molecule has 0 saturated carbocycles. The van der Waals surface area contributed by atoms with Crippen LogP contribution in [0.15, 0.2) is 91.7 Å². The lowest BCUT2D eigenvalue weighted by Crippen LogP contribution is -2.30.